The molecule has 270 valence electrons. The van der Waals surface area contributed by atoms with Crippen LogP contribution < -0.4 is 10.2 Å². The highest BCUT2D eigenvalue weighted by molar-refractivity contribution is 7.91. The molecule has 0 bridgehead atoms. The number of aryl methyl sites for hydroxylation is 1. The first kappa shape index (κ1) is 38.3. The maximum Gasteiger partial charge on any atom is 0.397 e. The molecule has 20 nitrogen and oxygen atoms in total. The van der Waals surface area contributed by atoms with Crippen LogP contribution in [-0.2, 0) is 44.7 Å². The van der Waals surface area contributed by atoms with Crippen molar-refractivity contribution in [3.8, 4) is 5.75 Å². The number of sulfone groups is 1. The first-order valence-corrected chi connectivity index (χ1v) is 19.6. The first-order valence-electron chi connectivity index (χ1n) is 13.5. The van der Waals surface area contributed by atoms with E-state index in [0.717, 1.165) is 17.0 Å². The van der Waals surface area contributed by atoms with Gasteiger partial charge in [-0.05, 0) is 54.3 Å². The van der Waals surface area contributed by atoms with Gasteiger partial charge in [0.15, 0.2) is 15.6 Å². The average Bonchev–Trinajstić information content (AvgIpc) is 2.97. The second-order valence-corrected chi connectivity index (χ2v) is 16.5. The summed E-state index contributed by atoms with van der Waals surface area (Å²) in [6.07, 6.45) is -1.28. The van der Waals surface area contributed by atoms with Crippen LogP contribution in [0.15, 0.2) is 62.5 Å². The molecule has 1 heterocycles. The molecular weight excluding hydrogens is 754 g/mol. The molecule has 0 spiro atoms. The summed E-state index contributed by atoms with van der Waals surface area (Å²) < 4.78 is 140. The van der Waals surface area contributed by atoms with E-state index >= 15 is 0 Å². The fourth-order valence-corrected chi connectivity index (χ4v) is 7.04. The van der Waals surface area contributed by atoms with Crippen molar-refractivity contribution in [2.24, 2.45) is 10.2 Å². The van der Waals surface area contributed by atoms with E-state index in [-0.39, 0.29) is 34.9 Å². The van der Waals surface area contributed by atoms with Gasteiger partial charge in [-0.15, -0.1) is 10.2 Å². The standard InChI is InChI=1S/C25H26FN7O13S4/c1-14-3-6-18(19(11-14)48(37,38)39)31-32-21-20(49(40,41)42)13-15-12-16(4-5-17(15)22(21)34)27-24-28-23(26)29-25(30-24)33(2)7-9-47(35,36)10-8-46-50(43,44)45/h3-6,11-13,34H,7-10H2,1-2H3,(H,37,38,39)(H,40,41,42)(H,43,44,45)(H,27,28,29,30). The van der Waals surface area contributed by atoms with E-state index in [4.69, 9.17) is 4.55 Å². The Hall–Kier alpha value is -4.50. The molecule has 4 aromatic rings. The zero-order valence-electron chi connectivity index (χ0n) is 25.5. The Morgan fingerprint density at radius 3 is 2.18 bits per heavy atom. The molecule has 0 saturated heterocycles. The van der Waals surface area contributed by atoms with Crippen molar-refractivity contribution in [3.63, 3.8) is 0 Å². The van der Waals surface area contributed by atoms with Crippen molar-refractivity contribution in [1.82, 2.24) is 15.0 Å². The monoisotopic (exact) mass is 779 g/mol. The van der Waals surface area contributed by atoms with Gasteiger partial charge >= 0.3 is 16.5 Å². The number of benzene rings is 3. The molecule has 0 radical (unpaired) electrons. The van der Waals surface area contributed by atoms with E-state index in [0.29, 0.717) is 5.56 Å². The number of anilines is 3. The summed E-state index contributed by atoms with van der Waals surface area (Å²) in [6, 6.07) is 8.47. The van der Waals surface area contributed by atoms with Crippen LogP contribution in [0.2, 0.25) is 0 Å². The van der Waals surface area contributed by atoms with Gasteiger partial charge in [-0.3, -0.25) is 13.7 Å². The smallest absolute Gasteiger partial charge is 0.397 e. The van der Waals surface area contributed by atoms with Crippen LogP contribution in [0.5, 0.6) is 5.75 Å². The molecule has 0 fully saturated rings. The second-order valence-electron chi connectivity index (χ2n) is 10.3. The van der Waals surface area contributed by atoms with Crippen LogP contribution in [0, 0.1) is 13.0 Å². The van der Waals surface area contributed by atoms with E-state index in [9.17, 15) is 52.3 Å². The van der Waals surface area contributed by atoms with Gasteiger partial charge in [0.2, 0.25) is 11.9 Å². The number of hydrogen-bond donors (Lipinski definition) is 5. The highest BCUT2D eigenvalue weighted by Crippen LogP contribution is 2.42. The van der Waals surface area contributed by atoms with E-state index in [1.807, 2.05) is 0 Å². The van der Waals surface area contributed by atoms with Gasteiger partial charge < -0.3 is 15.3 Å². The molecule has 0 atom stereocenters. The van der Waals surface area contributed by atoms with E-state index < -0.39 is 91.6 Å². The van der Waals surface area contributed by atoms with Gasteiger partial charge in [-0.2, -0.15) is 44.6 Å². The maximum absolute atomic E-state index is 14.3. The molecule has 0 unspecified atom stereocenters. The van der Waals surface area contributed by atoms with Crippen molar-refractivity contribution in [1.29, 1.82) is 0 Å². The van der Waals surface area contributed by atoms with Crippen molar-refractivity contribution < 1.29 is 61.0 Å². The summed E-state index contributed by atoms with van der Waals surface area (Å²) in [4.78, 5) is 10.6. The van der Waals surface area contributed by atoms with Crippen LogP contribution in [0.3, 0.4) is 0 Å². The van der Waals surface area contributed by atoms with Gasteiger partial charge in [0.05, 0.1) is 18.1 Å². The lowest BCUT2D eigenvalue weighted by Crippen LogP contribution is -2.29. The molecule has 4 rings (SSSR count). The molecule has 3 aromatic carbocycles. The Kier molecular flexibility index (Phi) is 11.0. The van der Waals surface area contributed by atoms with Crippen LogP contribution in [-0.4, -0.2) is 99.1 Å². The summed E-state index contributed by atoms with van der Waals surface area (Å²) in [5, 5.41) is 20.9. The molecule has 0 aliphatic carbocycles. The molecular formula is C25H26FN7O13S4. The highest BCUT2D eigenvalue weighted by atomic mass is 32.3. The Labute approximate surface area is 284 Å². The number of azo groups is 1. The van der Waals surface area contributed by atoms with Gasteiger partial charge in [0.1, 0.15) is 21.2 Å². The minimum atomic E-state index is -5.10. The predicted octanol–water partition coefficient (Wildman–Crippen LogP) is 2.50. The van der Waals surface area contributed by atoms with Gasteiger partial charge in [-0.1, -0.05) is 6.07 Å². The molecule has 0 saturated carbocycles. The zero-order chi connectivity index (χ0) is 37.2. The third-order valence-electron chi connectivity index (χ3n) is 6.54. The lowest BCUT2D eigenvalue weighted by molar-refractivity contribution is 0.284. The van der Waals surface area contributed by atoms with Crippen LogP contribution in [0.1, 0.15) is 5.56 Å². The summed E-state index contributed by atoms with van der Waals surface area (Å²) in [5.74, 6) is -2.81. The normalized spacial score (nSPS) is 12.8. The second kappa shape index (κ2) is 14.4. The number of hydrogen-bond acceptors (Lipinski definition) is 17. The average molecular weight is 780 g/mol. The van der Waals surface area contributed by atoms with E-state index in [1.165, 1.54) is 44.3 Å². The predicted molar refractivity (Wildman–Crippen MR) is 173 cm³/mol. The van der Waals surface area contributed by atoms with Crippen molar-refractivity contribution in [2.75, 3.05) is 41.9 Å². The number of aromatic nitrogens is 3. The molecule has 5 N–H and O–H groups in total. The Bertz CT molecular complexity index is 2450. The topological polar surface area (TPSA) is 305 Å². The van der Waals surface area contributed by atoms with Crippen LogP contribution in [0.25, 0.3) is 10.8 Å². The third kappa shape index (κ3) is 10.0. The number of phenolic OH excluding ortho intramolecular Hbond substituents is 1. The summed E-state index contributed by atoms with van der Waals surface area (Å²) in [7, 11) is -17.3. The van der Waals surface area contributed by atoms with Crippen molar-refractivity contribution >= 4 is 80.2 Å². The molecule has 0 aliphatic heterocycles. The maximum atomic E-state index is 14.3. The number of nitrogens with one attached hydrogen (secondary N) is 1. The number of rotatable bonds is 14. The molecule has 50 heavy (non-hydrogen) atoms. The number of halogens is 1. The summed E-state index contributed by atoms with van der Waals surface area (Å²) >= 11 is 0. The minimum absolute atomic E-state index is 0.0110. The van der Waals surface area contributed by atoms with Crippen molar-refractivity contribution in [3.05, 3.63) is 54.1 Å². The quantitative estimate of drug-likeness (QED) is 0.0906. The Balaban J connectivity index is 1.62. The summed E-state index contributed by atoms with van der Waals surface area (Å²) in [5.41, 5.74) is -0.625. The third-order valence-corrected chi connectivity index (χ3v) is 10.3. The minimum Gasteiger partial charge on any atom is -0.505 e. The summed E-state index contributed by atoms with van der Waals surface area (Å²) in [6.45, 7) is 0.423. The molecule has 0 aliphatic rings. The lowest BCUT2D eigenvalue weighted by Gasteiger charge is -2.17. The Morgan fingerprint density at radius 1 is 0.860 bits per heavy atom. The molecule has 0 amide bonds. The van der Waals surface area contributed by atoms with Crippen molar-refractivity contribution in [2.45, 2.75) is 16.7 Å². The molecule has 1 aromatic heterocycles. The Morgan fingerprint density at radius 2 is 1.54 bits per heavy atom. The lowest BCUT2D eigenvalue weighted by atomic mass is 10.1. The zero-order valence-corrected chi connectivity index (χ0v) is 28.8. The number of fused-ring (bicyclic) bond motifs is 1. The van der Waals surface area contributed by atoms with Gasteiger partial charge in [0.25, 0.3) is 20.2 Å². The number of phenols is 1. The highest BCUT2D eigenvalue weighted by Gasteiger charge is 2.24. The van der Waals surface area contributed by atoms with Crippen LogP contribution >= 0.6 is 0 Å². The fourth-order valence-electron chi connectivity index (χ4n) is 4.18. The van der Waals surface area contributed by atoms with Gasteiger partial charge in [-0.25, -0.2) is 12.6 Å². The van der Waals surface area contributed by atoms with Gasteiger partial charge in [0, 0.05) is 24.7 Å². The fraction of sp³-hybridized carbons (Fsp3) is 0.240. The van der Waals surface area contributed by atoms with Crippen LogP contribution in [0.4, 0.5) is 33.3 Å². The SMILES string of the molecule is Cc1ccc(N=Nc2c(S(=O)(=O)O)cc3cc(Nc4nc(F)nc(N(C)CCS(=O)(=O)CCOS(=O)(=O)O)n4)ccc3c2O)c(S(=O)(=O)O)c1. The van der Waals surface area contributed by atoms with E-state index in [1.54, 1.807) is 0 Å². The first-order chi connectivity index (χ1) is 23.0. The molecule has 25 heteroatoms. The number of nitrogens with zero attached hydrogens (tertiary/aromatic N) is 6. The number of aromatic hydroxyl groups is 1. The largest absolute Gasteiger partial charge is 0.505 e. The van der Waals surface area contributed by atoms with E-state index in [2.05, 4.69) is 34.7 Å².